The van der Waals surface area contributed by atoms with Crippen LogP contribution in [-0.2, 0) is 20.1 Å². The molecule has 0 fully saturated rings. The molecule has 0 amide bonds. The smallest absolute Gasteiger partial charge is 0.0724 e. The summed E-state index contributed by atoms with van der Waals surface area (Å²) in [7, 11) is 1.93. The van der Waals surface area contributed by atoms with Gasteiger partial charge in [-0.05, 0) is 6.07 Å². The van der Waals surface area contributed by atoms with Crippen LogP contribution in [0.1, 0.15) is 11.4 Å². The maximum Gasteiger partial charge on any atom is 0.0724 e. The van der Waals surface area contributed by atoms with E-state index < -0.39 is 0 Å². The zero-order chi connectivity index (χ0) is 10.5. The molecule has 0 saturated heterocycles. The van der Waals surface area contributed by atoms with Gasteiger partial charge in [-0.3, -0.25) is 14.6 Å². The van der Waals surface area contributed by atoms with Gasteiger partial charge in [0.1, 0.15) is 0 Å². The Morgan fingerprint density at radius 1 is 1.27 bits per heavy atom. The molecule has 0 unspecified atom stereocenters. The Morgan fingerprint density at radius 2 is 2.20 bits per heavy atom. The first-order valence-corrected chi connectivity index (χ1v) is 4.79. The lowest BCUT2D eigenvalue weighted by molar-refractivity contribution is 0.618. The van der Waals surface area contributed by atoms with Crippen LogP contribution in [0, 0.1) is 0 Å². The fraction of sp³-hybridized carbons (Fsp3) is 0.300. The first-order chi connectivity index (χ1) is 7.36. The standard InChI is InChI=1S/C10H13N5/c1-15-10(2-3-14-15)8-12-7-9-6-11-4-5-13-9/h2-6,12H,7-8H2,1H3. The highest BCUT2D eigenvalue weighted by Gasteiger charge is 1.98. The van der Waals surface area contributed by atoms with Crippen molar-refractivity contribution >= 4 is 0 Å². The van der Waals surface area contributed by atoms with E-state index in [9.17, 15) is 0 Å². The molecule has 0 saturated carbocycles. The van der Waals surface area contributed by atoms with Crippen LogP contribution in [0.15, 0.2) is 30.9 Å². The van der Waals surface area contributed by atoms with Crippen molar-refractivity contribution in [2.75, 3.05) is 0 Å². The lowest BCUT2D eigenvalue weighted by Gasteiger charge is -2.03. The molecule has 0 spiro atoms. The molecule has 0 aliphatic heterocycles. The van der Waals surface area contributed by atoms with Crippen molar-refractivity contribution in [1.29, 1.82) is 0 Å². The molecule has 78 valence electrons. The van der Waals surface area contributed by atoms with Crippen molar-refractivity contribution in [3.8, 4) is 0 Å². The number of nitrogens with one attached hydrogen (secondary N) is 1. The Balaban J connectivity index is 1.83. The van der Waals surface area contributed by atoms with Gasteiger partial charge < -0.3 is 5.32 Å². The fourth-order valence-corrected chi connectivity index (χ4v) is 1.31. The molecule has 2 heterocycles. The van der Waals surface area contributed by atoms with Crippen LogP contribution >= 0.6 is 0 Å². The number of hydrogen-bond acceptors (Lipinski definition) is 4. The molecule has 2 rings (SSSR count). The van der Waals surface area contributed by atoms with Crippen LogP contribution in [-0.4, -0.2) is 19.7 Å². The summed E-state index contributed by atoms with van der Waals surface area (Å²) < 4.78 is 1.85. The van der Waals surface area contributed by atoms with Crippen LogP contribution < -0.4 is 5.32 Å². The van der Waals surface area contributed by atoms with E-state index in [1.807, 2.05) is 17.8 Å². The number of rotatable bonds is 4. The molecule has 0 radical (unpaired) electrons. The first-order valence-electron chi connectivity index (χ1n) is 4.79. The van der Waals surface area contributed by atoms with E-state index >= 15 is 0 Å². The first kappa shape index (κ1) is 9.79. The topological polar surface area (TPSA) is 55.6 Å². The highest BCUT2D eigenvalue weighted by molar-refractivity contribution is 5.00. The van der Waals surface area contributed by atoms with Gasteiger partial charge in [0.05, 0.1) is 11.4 Å². The van der Waals surface area contributed by atoms with E-state index in [4.69, 9.17) is 0 Å². The summed E-state index contributed by atoms with van der Waals surface area (Å²) in [5, 5.41) is 7.37. The number of hydrogen-bond donors (Lipinski definition) is 1. The molecule has 5 nitrogen and oxygen atoms in total. The average Bonchev–Trinajstić information content (AvgIpc) is 2.66. The SMILES string of the molecule is Cn1nccc1CNCc1cnccn1. The lowest BCUT2D eigenvalue weighted by atomic mass is 10.4. The Labute approximate surface area is 88.2 Å². The number of aryl methyl sites for hydroxylation is 1. The minimum Gasteiger partial charge on any atom is -0.305 e. The average molecular weight is 203 g/mol. The van der Waals surface area contributed by atoms with Crippen LogP contribution in [0.2, 0.25) is 0 Å². The van der Waals surface area contributed by atoms with E-state index in [0.717, 1.165) is 24.5 Å². The van der Waals surface area contributed by atoms with E-state index in [1.54, 1.807) is 24.8 Å². The highest BCUT2D eigenvalue weighted by Crippen LogP contribution is 1.96. The van der Waals surface area contributed by atoms with Gasteiger partial charge in [-0.2, -0.15) is 5.10 Å². The van der Waals surface area contributed by atoms with E-state index in [1.165, 1.54) is 0 Å². The van der Waals surface area contributed by atoms with Gasteiger partial charge in [0.25, 0.3) is 0 Å². The van der Waals surface area contributed by atoms with Crippen molar-refractivity contribution in [2.24, 2.45) is 7.05 Å². The second-order valence-electron chi connectivity index (χ2n) is 3.25. The van der Waals surface area contributed by atoms with Crippen LogP contribution in [0.4, 0.5) is 0 Å². The minimum atomic E-state index is 0.721. The van der Waals surface area contributed by atoms with Crippen molar-refractivity contribution in [3.05, 3.63) is 42.2 Å². The Bertz CT molecular complexity index is 409. The third kappa shape index (κ3) is 2.60. The highest BCUT2D eigenvalue weighted by atomic mass is 15.3. The minimum absolute atomic E-state index is 0.721. The summed E-state index contributed by atoms with van der Waals surface area (Å²) in [6, 6.07) is 1.99. The molecular weight excluding hydrogens is 190 g/mol. The Morgan fingerprint density at radius 3 is 2.87 bits per heavy atom. The summed E-state index contributed by atoms with van der Waals surface area (Å²) in [5.74, 6) is 0. The quantitative estimate of drug-likeness (QED) is 0.786. The zero-order valence-corrected chi connectivity index (χ0v) is 8.59. The van der Waals surface area contributed by atoms with Gasteiger partial charge in [-0.1, -0.05) is 0 Å². The normalized spacial score (nSPS) is 10.5. The number of aromatic nitrogens is 4. The summed E-state index contributed by atoms with van der Waals surface area (Å²) in [5.41, 5.74) is 2.10. The predicted molar refractivity (Wildman–Crippen MR) is 55.8 cm³/mol. The van der Waals surface area contributed by atoms with Crippen molar-refractivity contribution in [1.82, 2.24) is 25.1 Å². The third-order valence-corrected chi connectivity index (χ3v) is 2.15. The summed E-state index contributed by atoms with van der Waals surface area (Å²) >= 11 is 0. The molecule has 1 N–H and O–H groups in total. The van der Waals surface area contributed by atoms with Crippen molar-refractivity contribution < 1.29 is 0 Å². The van der Waals surface area contributed by atoms with Gasteiger partial charge in [0, 0.05) is 44.9 Å². The van der Waals surface area contributed by atoms with Gasteiger partial charge in [0.15, 0.2) is 0 Å². The van der Waals surface area contributed by atoms with Gasteiger partial charge >= 0.3 is 0 Å². The monoisotopic (exact) mass is 203 g/mol. The molecule has 0 atom stereocenters. The van der Waals surface area contributed by atoms with Gasteiger partial charge in [0.2, 0.25) is 0 Å². The van der Waals surface area contributed by atoms with Crippen LogP contribution in [0.5, 0.6) is 0 Å². The molecular formula is C10H13N5. The van der Waals surface area contributed by atoms with E-state index in [0.29, 0.717) is 0 Å². The van der Waals surface area contributed by atoms with E-state index in [2.05, 4.69) is 20.4 Å². The fourth-order valence-electron chi connectivity index (χ4n) is 1.31. The van der Waals surface area contributed by atoms with Gasteiger partial charge in [-0.25, -0.2) is 0 Å². The molecule has 0 aliphatic rings. The predicted octanol–water partition coefficient (Wildman–Crippen LogP) is 0.500. The second kappa shape index (κ2) is 4.65. The third-order valence-electron chi connectivity index (χ3n) is 2.15. The Kier molecular flexibility index (Phi) is 3.04. The molecule has 2 aromatic heterocycles. The lowest BCUT2D eigenvalue weighted by Crippen LogP contribution is -2.16. The van der Waals surface area contributed by atoms with Gasteiger partial charge in [-0.15, -0.1) is 0 Å². The molecule has 0 bridgehead atoms. The maximum atomic E-state index is 4.17. The maximum absolute atomic E-state index is 4.17. The molecule has 15 heavy (non-hydrogen) atoms. The largest absolute Gasteiger partial charge is 0.305 e. The van der Waals surface area contributed by atoms with E-state index in [-0.39, 0.29) is 0 Å². The van der Waals surface area contributed by atoms with Crippen molar-refractivity contribution in [2.45, 2.75) is 13.1 Å². The Hall–Kier alpha value is -1.75. The summed E-state index contributed by atoms with van der Waals surface area (Å²) in [6.45, 7) is 1.51. The molecule has 5 heteroatoms. The zero-order valence-electron chi connectivity index (χ0n) is 8.59. The summed E-state index contributed by atoms with van der Waals surface area (Å²) in [4.78, 5) is 8.17. The molecule has 2 aromatic rings. The second-order valence-corrected chi connectivity index (χ2v) is 3.25. The van der Waals surface area contributed by atoms with Crippen molar-refractivity contribution in [3.63, 3.8) is 0 Å². The van der Waals surface area contributed by atoms with Crippen LogP contribution in [0.25, 0.3) is 0 Å². The molecule has 0 aliphatic carbocycles. The molecule has 0 aromatic carbocycles. The summed E-state index contributed by atoms with van der Waals surface area (Å²) in [6.07, 6.45) is 6.92. The van der Waals surface area contributed by atoms with Crippen LogP contribution in [0.3, 0.4) is 0 Å². The number of nitrogens with zero attached hydrogens (tertiary/aromatic N) is 4.